The van der Waals surface area contributed by atoms with Gasteiger partial charge in [0.05, 0.1) is 17.2 Å². The number of carbonyl (C=O) groups is 2. The number of amides is 1. The second kappa shape index (κ2) is 9.55. The van der Waals surface area contributed by atoms with Gasteiger partial charge in [0.2, 0.25) is 0 Å². The van der Waals surface area contributed by atoms with Gasteiger partial charge in [0.15, 0.2) is 6.61 Å². The molecule has 7 nitrogen and oxygen atoms in total. The summed E-state index contributed by atoms with van der Waals surface area (Å²) in [4.78, 5) is 41.4. The minimum atomic E-state index is -0.685. The number of esters is 1. The molecule has 162 valence electrons. The summed E-state index contributed by atoms with van der Waals surface area (Å²) in [5.41, 5.74) is 3.04. The van der Waals surface area contributed by atoms with Gasteiger partial charge in [0.25, 0.3) is 11.5 Å². The average Bonchev–Trinajstić information content (AvgIpc) is 2.74. The van der Waals surface area contributed by atoms with Gasteiger partial charge < -0.3 is 10.1 Å². The molecule has 0 unspecified atom stereocenters. The third-order valence-electron chi connectivity index (χ3n) is 5.03. The lowest BCUT2D eigenvalue weighted by Gasteiger charge is -2.20. The lowest BCUT2D eigenvalue weighted by atomic mass is 9.92. The summed E-state index contributed by atoms with van der Waals surface area (Å²) < 4.78 is 6.28. The molecule has 3 rings (SSSR count). The highest BCUT2D eigenvalue weighted by Crippen LogP contribution is 2.32. The van der Waals surface area contributed by atoms with E-state index in [4.69, 9.17) is 4.74 Å². The van der Waals surface area contributed by atoms with Gasteiger partial charge in [-0.2, -0.15) is 0 Å². The quantitative estimate of drug-likeness (QED) is 0.586. The van der Waals surface area contributed by atoms with Crippen LogP contribution >= 0.6 is 0 Å². The van der Waals surface area contributed by atoms with Crippen LogP contribution in [0.1, 0.15) is 50.7 Å². The van der Waals surface area contributed by atoms with Crippen LogP contribution in [0.3, 0.4) is 0 Å². The van der Waals surface area contributed by atoms with E-state index in [1.165, 1.54) is 10.9 Å². The van der Waals surface area contributed by atoms with Crippen LogP contribution in [-0.4, -0.2) is 28.0 Å². The van der Waals surface area contributed by atoms with Gasteiger partial charge in [-0.3, -0.25) is 19.0 Å². The van der Waals surface area contributed by atoms with Crippen molar-refractivity contribution < 1.29 is 14.3 Å². The first-order valence-corrected chi connectivity index (χ1v) is 10.3. The number of nitrogens with zero attached hydrogens (tertiary/aromatic N) is 2. The maximum absolute atomic E-state index is 12.5. The van der Waals surface area contributed by atoms with Crippen molar-refractivity contribution in [1.29, 1.82) is 0 Å². The standard InChI is InChI=1S/C24H27N3O4/c1-15(2)17-9-7-10-18(16(3)4)23(17)26-21(28)13-31-22(29)12-27-14-25-20-11-6-5-8-19(20)24(27)30/h5-11,14-16H,12-13H2,1-4H3,(H,26,28). The molecule has 0 aliphatic carbocycles. The molecule has 0 aliphatic rings. The van der Waals surface area contributed by atoms with Crippen LogP contribution in [0.5, 0.6) is 0 Å². The van der Waals surface area contributed by atoms with Crippen molar-refractivity contribution in [3.63, 3.8) is 0 Å². The van der Waals surface area contributed by atoms with E-state index in [0.29, 0.717) is 10.9 Å². The summed E-state index contributed by atoms with van der Waals surface area (Å²) in [6.07, 6.45) is 1.31. The summed E-state index contributed by atoms with van der Waals surface area (Å²) in [6, 6.07) is 12.8. The lowest BCUT2D eigenvalue weighted by Crippen LogP contribution is -2.28. The number of fused-ring (bicyclic) bond motifs is 1. The van der Waals surface area contributed by atoms with E-state index < -0.39 is 18.5 Å². The Morgan fingerprint density at radius 1 is 1.00 bits per heavy atom. The van der Waals surface area contributed by atoms with Gasteiger partial charge in [-0.15, -0.1) is 0 Å². The van der Waals surface area contributed by atoms with E-state index >= 15 is 0 Å². The van der Waals surface area contributed by atoms with Crippen LogP contribution in [0.15, 0.2) is 53.6 Å². The van der Waals surface area contributed by atoms with Gasteiger partial charge in [-0.05, 0) is 35.1 Å². The number of aromatic nitrogens is 2. The summed E-state index contributed by atoms with van der Waals surface area (Å²) in [7, 11) is 0. The molecule has 7 heteroatoms. The molecule has 1 N–H and O–H groups in total. The zero-order chi connectivity index (χ0) is 22.5. The highest BCUT2D eigenvalue weighted by Gasteiger charge is 2.17. The number of anilines is 1. The first kappa shape index (κ1) is 22.2. The average molecular weight is 421 g/mol. The molecule has 0 fully saturated rings. The van der Waals surface area contributed by atoms with E-state index in [0.717, 1.165) is 16.8 Å². The van der Waals surface area contributed by atoms with Crippen molar-refractivity contribution in [1.82, 2.24) is 9.55 Å². The Morgan fingerprint density at radius 2 is 1.65 bits per heavy atom. The number of nitrogens with one attached hydrogen (secondary N) is 1. The van der Waals surface area contributed by atoms with E-state index in [2.05, 4.69) is 38.0 Å². The lowest BCUT2D eigenvalue weighted by molar-refractivity contribution is -0.147. The zero-order valence-corrected chi connectivity index (χ0v) is 18.2. The first-order chi connectivity index (χ1) is 14.8. The number of hydrogen-bond acceptors (Lipinski definition) is 5. The van der Waals surface area contributed by atoms with E-state index in [1.807, 2.05) is 18.2 Å². The minimum absolute atomic E-state index is 0.226. The SMILES string of the molecule is CC(C)c1cccc(C(C)C)c1NC(=O)COC(=O)Cn1cnc2ccccc2c1=O. The van der Waals surface area contributed by atoms with Crippen LogP contribution in [0.25, 0.3) is 10.9 Å². The van der Waals surface area contributed by atoms with E-state index in [1.54, 1.807) is 24.3 Å². The normalized spacial score (nSPS) is 11.2. The Labute approximate surface area is 181 Å². The number of ether oxygens (including phenoxy) is 1. The van der Waals surface area contributed by atoms with Crippen molar-refractivity contribution in [3.05, 3.63) is 70.3 Å². The number of benzene rings is 2. The van der Waals surface area contributed by atoms with Gasteiger partial charge in [-0.25, -0.2) is 4.98 Å². The Balaban J connectivity index is 1.66. The molecule has 0 aliphatic heterocycles. The van der Waals surface area contributed by atoms with Crippen LogP contribution < -0.4 is 10.9 Å². The third kappa shape index (κ3) is 5.17. The predicted octanol–water partition coefficient (Wildman–Crippen LogP) is 3.83. The largest absolute Gasteiger partial charge is 0.454 e. The topological polar surface area (TPSA) is 90.3 Å². The summed E-state index contributed by atoms with van der Waals surface area (Å²) in [5, 5.41) is 3.32. The van der Waals surface area contributed by atoms with Crippen molar-refractivity contribution in [2.45, 2.75) is 46.1 Å². The highest BCUT2D eigenvalue weighted by molar-refractivity contribution is 5.94. The molecule has 0 atom stereocenters. The molecule has 0 spiro atoms. The van der Waals surface area contributed by atoms with Gasteiger partial charge in [0, 0.05) is 5.69 Å². The van der Waals surface area contributed by atoms with E-state index in [9.17, 15) is 14.4 Å². The van der Waals surface area contributed by atoms with Gasteiger partial charge in [0.1, 0.15) is 6.54 Å². The van der Waals surface area contributed by atoms with Crippen LogP contribution in [-0.2, 0) is 20.9 Å². The molecule has 1 amide bonds. The van der Waals surface area contributed by atoms with Crippen molar-refractivity contribution in [2.75, 3.05) is 11.9 Å². The van der Waals surface area contributed by atoms with Crippen LogP contribution in [0, 0.1) is 0 Å². The molecule has 31 heavy (non-hydrogen) atoms. The third-order valence-corrected chi connectivity index (χ3v) is 5.03. The maximum Gasteiger partial charge on any atom is 0.326 e. The second-order valence-electron chi connectivity index (χ2n) is 8.02. The van der Waals surface area contributed by atoms with Crippen molar-refractivity contribution >= 4 is 28.5 Å². The molecule has 0 radical (unpaired) electrons. The minimum Gasteiger partial charge on any atom is -0.454 e. The fraction of sp³-hybridized carbons (Fsp3) is 0.333. The number of hydrogen-bond donors (Lipinski definition) is 1. The molecule has 0 saturated carbocycles. The molecule has 0 bridgehead atoms. The summed E-state index contributed by atoms with van der Waals surface area (Å²) in [6.45, 7) is 7.49. The van der Waals surface area contributed by atoms with Gasteiger partial charge >= 0.3 is 5.97 Å². The first-order valence-electron chi connectivity index (χ1n) is 10.3. The summed E-state index contributed by atoms with van der Waals surface area (Å²) >= 11 is 0. The van der Waals surface area contributed by atoms with Crippen LogP contribution in [0.4, 0.5) is 5.69 Å². The number of carbonyl (C=O) groups excluding carboxylic acids is 2. The Bertz CT molecular complexity index is 1140. The van der Waals surface area contributed by atoms with Crippen molar-refractivity contribution in [3.8, 4) is 0 Å². The fourth-order valence-electron chi connectivity index (χ4n) is 3.42. The number of rotatable bonds is 7. The monoisotopic (exact) mass is 421 g/mol. The Morgan fingerprint density at radius 3 is 2.29 bits per heavy atom. The molecular weight excluding hydrogens is 394 g/mol. The molecular formula is C24H27N3O4. The second-order valence-corrected chi connectivity index (χ2v) is 8.02. The molecule has 1 aromatic heterocycles. The number of para-hydroxylation sites is 2. The molecule has 1 heterocycles. The predicted molar refractivity (Wildman–Crippen MR) is 120 cm³/mol. The molecule has 2 aromatic carbocycles. The van der Waals surface area contributed by atoms with Crippen molar-refractivity contribution in [2.24, 2.45) is 0 Å². The van der Waals surface area contributed by atoms with Crippen LogP contribution in [0.2, 0.25) is 0 Å². The summed E-state index contributed by atoms with van der Waals surface area (Å²) in [5.74, 6) is -0.657. The molecule has 0 saturated heterocycles. The van der Waals surface area contributed by atoms with Gasteiger partial charge in [-0.1, -0.05) is 58.0 Å². The Hall–Kier alpha value is -3.48. The van der Waals surface area contributed by atoms with E-state index in [-0.39, 0.29) is 23.9 Å². The Kier molecular flexibility index (Phi) is 6.84. The maximum atomic E-state index is 12.5. The smallest absolute Gasteiger partial charge is 0.326 e. The fourth-order valence-corrected chi connectivity index (χ4v) is 3.42. The zero-order valence-electron chi connectivity index (χ0n) is 18.2. The highest BCUT2D eigenvalue weighted by atomic mass is 16.5. The molecule has 3 aromatic rings.